The number of aliphatic hydroxyl groups is 1. The lowest BCUT2D eigenvalue weighted by molar-refractivity contribution is -0.0822. The molecule has 4 aliphatic carbocycles. The predicted octanol–water partition coefficient (Wildman–Crippen LogP) is 4.72. The van der Waals surface area contributed by atoms with Gasteiger partial charge in [-0.05, 0) is 80.5 Å². The van der Waals surface area contributed by atoms with Crippen LogP contribution in [-0.4, -0.2) is 23.9 Å². The molecule has 0 radical (unpaired) electrons. The summed E-state index contributed by atoms with van der Waals surface area (Å²) in [6.07, 6.45) is 12.6. The first-order valence-corrected chi connectivity index (χ1v) is 9.99. The Morgan fingerprint density at radius 2 is 2.00 bits per heavy atom. The summed E-state index contributed by atoms with van der Waals surface area (Å²) >= 11 is 0. The second kappa shape index (κ2) is 5.59. The van der Waals surface area contributed by atoms with E-state index < -0.39 is 0 Å². The van der Waals surface area contributed by atoms with Crippen molar-refractivity contribution in [3.05, 3.63) is 11.6 Å². The summed E-state index contributed by atoms with van der Waals surface area (Å²) in [6.45, 7) is 7.74. The smallest absolute Gasteiger partial charge is 0.102 e. The van der Waals surface area contributed by atoms with Crippen molar-refractivity contribution in [2.24, 2.45) is 28.6 Å². The van der Waals surface area contributed by atoms with Crippen LogP contribution < -0.4 is 0 Å². The van der Waals surface area contributed by atoms with E-state index in [2.05, 4.69) is 19.9 Å². The highest BCUT2D eigenvalue weighted by atomic mass is 16.5. The molecule has 0 aliphatic heterocycles. The van der Waals surface area contributed by atoms with E-state index in [-0.39, 0.29) is 17.6 Å². The first-order valence-electron chi connectivity index (χ1n) is 9.99. The van der Waals surface area contributed by atoms with Crippen LogP contribution in [0.2, 0.25) is 0 Å². The summed E-state index contributed by atoms with van der Waals surface area (Å²) in [4.78, 5) is 0. The van der Waals surface area contributed by atoms with Crippen LogP contribution in [0.15, 0.2) is 11.6 Å². The quantitative estimate of drug-likeness (QED) is 0.747. The molecule has 23 heavy (non-hydrogen) atoms. The van der Waals surface area contributed by atoms with Crippen molar-refractivity contribution in [2.75, 3.05) is 6.61 Å². The monoisotopic (exact) mass is 318 g/mol. The van der Waals surface area contributed by atoms with Gasteiger partial charge in [-0.1, -0.05) is 31.9 Å². The van der Waals surface area contributed by atoms with Crippen molar-refractivity contribution in [1.82, 2.24) is 0 Å². The van der Waals surface area contributed by atoms with Crippen LogP contribution in [0.4, 0.5) is 0 Å². The molecule has 0 amide bonds. The summed E-state index contributed by atoms with van der Waals surface area (Å²) < 4.78 is 5.78. The van der Waals surface area contributed by atoms with Gasteiger partial charge in [-0.15, -0.1) is 0 Å². The summed E-state index contributed by atoms with van der Waals surface area (Å²) in [5, 5.41) is 10.7. The molecule has 0 aromatic rings. The molecular weight excluding hydrogens is 284 g/mol. The highest BCUT2D eigenvalue weighted by Crippen LogP contribution is 2.65. The topological polar surface area (TPSA) is 29.5 Å². The van der Waals surface area contributed by atoms with Gasteiger partial charge in [0.1, 0.15) is 6.10 Å². The maximum absolute atomic E-state index is 10.7. The minimum atomic E-state index is -0.320. The van der Waals surface area contributed by atoms with Crippen molar-refractivity contribution in [3.8, 4) is 0 Å². The van der Waals surface area contributed by atoms with E-state index in [9.17, 15) is 5.11 Å². The zero-order valence-corrected chi connectivity index (χ0v) is 15.2. The largest absolute Gasteiger partial charge is 0.390 e. The van der Waals surface area contributed by atoms with Gasteiger partial charge in [-0.25, -0.2) is 0 Å². The third-order valence-corrected chi connectivity index (χ3v) is 8.25. The molecule has 0 bridgehead atoms. The van der Waals surface area contributed by atoms with Gasteiger partial charge in [0, 0.05) is 6.61 Å². The Kier molecular flexibility index (Phi) is 3.93. The lowest BCUT2D eigenvalue weighted by Gasteiger charge is -2.58. The van der Waals surface area contributed by atoms with Crippen molar-refractivity contribution in [3.63, 3.8) is 0 Å². The summed E-state index contributed by atoms with van der Waals surface area (Å²) in [6, 6.07) is 0. The third-order valence-electron chi connectivity index (χ3n) is 8.25. The van der Waals surface area contributed by atoms with E-state index in [0.717, 1.165) is 24.2 Å². The average Bonchev–Trinajstić information content (AvgIpc) is 2.90. The van der Waals surface area contributed by atoms with Crippen LogP contribution in [0.3, 0.4) is 0 Å². The van der Waals surface area contributed by atoms with Crippen LogP contribution in [0.5, 0.6) is 0 Å². The standard InChI is InChI=1S/C21H34O2/c1-4-23-19-12-14-7-8-15-16-6-5-10-20(16,2)11-9-17(15)21(14,3)13-18(19)22/h12,15-19,22H,4-11,13H2,1-3H3/t15-,16-,17+,18?,19?,20-,21-/m0/s1. The Hall–Kier alpha value is -0.340. The van der Waals surface area contributed by atoms with Gasteiger partial charge >= 0.3 is 0 Å². The van der Waals surface area contributed by atoms with Gasteiger partial charge in [-0.2, -0.15) is 0 Å². The number of allylic oxidation sites excluding steroid dienone is 1. The zero-order valence-electron chi connectivity index (χ0n) is 15.2. The molecule has 7 atom stereocenters. The first-order chi connectivity index (χ1) is 11.0. The minimum absolute atomic E-state index is 0.0695. The second-order valence-corrected chi connectivity index (χ2v) is 9.30. The molecule has 2 nitrogen and oxygen atoms in total. The average molecular weight is 319 g/mol. The minimum Gasteiger partial charge on any atom is -0.390 e. The molecule has 0 spiro atoms. The van der Waals surface area contributed by atoms with Crippen LogP contribution in [-0.2, 0) is 4.74 Å². The van der Waals surface area contributed by atoms with Gasteiger partial charge in [0.15, 0.2) is 0 Å². The fraction of sp³-hybridized carbons (Fsp3) is 0.905. The Balaban J connectivity index is 1.64. The maximum atomic E-state index is 10.7. The number of rotatable bonds is 2. The molecule has 0 saturated heterocycles. The SMILES string of the molecule is CCOC1C=C2CC[C@@H]3[C@@H](CC[C@]4(C)CCC[C@@H]34)[C@@]2(C)CC1O. The molecule has 130 valence electrons. The van der Waals surface area contributed by atoms with E-state index >= 15 is 0 Å². The lowest BCUT2D eigenvalue weighted by Crippen LogP contribution is -2.52. The Morgan fingerprint density at radius 1 is 1.17 bits per heavy atom. The van der Waals surface area contributed by atoms with E-state index in [0.29, 0.717) is 12.0 Å². The number of hydrogen-bond acceptors (Lipinski definition) is 2. The fourth-order valence-electron chi connectivity index (χ4n) is 7.09. The van der Waals surface area contributed by atoms with Gasteiger partial charge in [0.05, 0.1) is 6.10 Å². The molecule has 4 aliphatic rings. The van der Waals surface area contributed by atoms with Crippen LogP contribution in [0, 0.1) is 28.6 Å². The van der Waals surface area contributed by atoms with Crippen LogP contribution >= 0.6 is 0 Å². The molecule has 3 fully saturated rings. The fourth-order valence-corrected chi connectivity index (χ4v) is 7.09. The Bertz CT molecular complexity index is 498. The highest BCUT2D eigenvalue weighted by Gasteiger charge is 2.57. The van der Waals surface area contributed by atoms with Crippen molar-refractivity contribution in [1.29, 1.82) is 0 Å². The molecule has 2 unspecified atom stereocenters. The van der Waals surface area contributed by atoms with Gasteiger partial charge in [0.2, 0.25) is 0 Å². The van der Waals surface area contributed by atoms with E-state index in [1.807, 2.05) is 6.92 Å². The van der Waals surface area contributed by atoms with Crippen LogP contribution in [0.25, 0.3) is 0 Å². The van der Waals surface area contributed by atoms with Crippen molar-refractivity contribution < 1.29 is 9.84 Å². The summed E-state index contributed by atoms with van der Waals surface area (Å²) in [5.74, 6) is 2.63. The van der Waals surface area contributed by atoms with Gasteiger partial charge in [0.25, 0.3) is 0 Å². The first kappa shape index (κ1) is 16.1. The number of aliphatic hydroxyl groups excluding tert-OH is 1. The number of fused-ring (bicyclic) bond motifs is 5. The number of hydrogen-bond donors (Lipinski definition) is 1. The highest BCUT2D eigenvalue weighted by molar-refractivity contribution is 5.26. The normalized spacial score (nSPS) is 52.3. The Labute approximate surface area is 141 Å². The molecule has 2 heteroatoms. The number of ether oxygens (including phenoxy) is 1. The zero-order chi connectivity index (χ0) is 16.2. The Morgan fingerprint density at radius 3 is 2.78 bits per heavy atom. The molecule has 3 saturated carbocycles. The van der Waals surface area contributed by atoms with Crippen molar-refractivity contribution in [2.45, 2.75) is 84.3 Å². The molecular formula is C21H34O2. The third kappa shape index (κ3) is 2.35. The van der Waals surface area contributed by atoms with E-state index in [1.54, 1.807) is 5.57 Å². The van der Waals surface area contributed by atoms with E-state index in [4.69, 9.17) is 4.74 Å². The van der Waals surface area contributed by atoms with Gasteiger partial charge in [-0.3, -0.25) is 0 Å². The molecule has 1 N–H and O–H groups in total. The molecule has 4 rings (SSSR count). The van der Waals surface area contributed by atoms with Crippen molar-refractivity contribution >= 4 is 0 Å². The summed E-state index contributed by atoms with van der Waals surface area (Å²) in [7, 11) is 0. The predicted molar refractivity (Wildman–Crippen MR) is 93.1 cm³/mol. The van der Waals surface area contributed by atoms with Crippen LogP contribution in [0.1, 0.15) is 72.1 Å². The maximum Gasteiger partial charge on any atom is 0.102 e. The lowest BCUT2D eigenvalue weighted by atomic mass is 9.47. The molecule has 0 heterocycles. The second-order valence-electron chi connectivity index (χ2n) is 9.30. The molecule has 0 aromatic carbocycles. The summed E-state index contributed by atoms with van der Waals surface area (Å²) in [5.41, 5.74) is 2.45. The molecule has 0 aromatic heterocycles. The van der Waals surface area contributed by atoms with Gasteiger partial charge < -0.3 is 9.84 Å². The van der Waals surface area contributed by atoms with E-state index in [1.165, 1.54) is 44.9 Å².